The molecule has 0 saturated heterocycles. The van der Waals surface area contributed by atoms with Crippen molar-refractivity contribution in [1.82, 2.24) is 4.57 Å². The highest BCUT2D eigenvalue weighted by atomic mass is 35.5. The predicted octanol–water partition coefficient (Wildman–Crippen LogP) is 7.82. The Labute approximate surface area is 188 Å². The maximum atomic E-state index is 6.79. The molecule has 0 saturated carbocycles. The SMILES string of the molecule is COc1ccc2ccc(-n3c4c(Cl)ccc(OC)c4c4sc5ccccc5c43)cc2c1. The maximum Gasteiger partial charge on any atom is 0.129 e. The molecule has 6 rings (SSSR count). The molecule has 0 amide bonds. The van der Waals surface area contributed by atoms with Gasteiger partial charge in [-0.15, -0.1) is 11.3 Å². The van der Waals surface area contributed by atoms with E-state index in [1.807, 2.05) is 18.2 Å². The van der Waals surface area contributed by atoms with E-state index in [2.05, 4.69) is 59.2 Å². The van der Waals surface area contributed by atoms with E-state index in [0.29, 0.717) is 5.02 Å². The quantitative estimate of drug-likeness (QED) is 0.278. The van der Waals surface area contributed by atoms with Gasteiger partial charge in [0.05, 0.1) is 40.4 Å². The van der Waals surface area contributed by atoms with Crippen LogP contribution < -0.4 is 9.47 Å². The van der Waals surface area contributed by atoms with Crippen LogP contribution in [0.3, 0.4) is 0 Å². The van der Waals surface area contributed by atoms with Crippen LogP contribution in [0.25, 0.3) is 47.7 Å². The number of fused-ring (bicyclic) bond motifs is 6. The van der Waals surface area contributed by atoms with Crippen LogP contribution in [0.5, 0.6) is 11.5 Å². The van der Waals surface area contributed by atoms with Crippen molar-refractivity contribution < 1.29 is 9.47 Å². The van der Waals surface area contributed by atoms with Gasteiger partial charge >= 0.3 is 0 Å². The molecule has 0 radical (unpaired) electrons. The topological polar surface area (TPSA) is 23.4 Å². The molecule has 31 heavy (non-hydrogen) atoms. The van der Waals surface area contributed by atoms with Crippen molar-refractivity contribution >= 4 is 64.9 Å². The van der Waals surface area contributed by atoms with Crippen molar-refractivity contribution in [3.05, 3.63) is 77.8 Å². The van der Waals surface area contributed by atoms with Crippen LogP contribution >= 0.6 is 22.9 Å². The Balaban J connectivity index is 1.81. The summed E-state index contributed by atoms with van der Waals surface area (Å²) in [6, 6.07) is 25.0. The molecule has 2 aromatic heterocycles. The molecule has 0 spiro atoms. The van der Waals surface area contributed by atoms with Crippen molar-refractivity contribution in [2.24, 2.45) is 0 Å². The summed E-state index contributed by atoms with van der Waals surface area (Å²) in [5.41, 5.74) is 3.18. The lowest BCUT2D eigenvalue weighted by molar-refractivity contribution is 0.415. The summed E-state index contributed by atoms with van der Waals surface area (Å²) < 4.78 is 15.9. The number of benzene rings is 4. The molecular weight excluding hydrogens is 426 g/mol. The zero-order chi connectivity index (χ0) is 21.1. The van der Waals surface area contributed by atoms with Gasteiger partial charge in [-0.25, -0.2) is 0 Å². The molecule has 4 aromatic carbocycles. The van der Waals surface area contributed by atoms with E-state index in [4.69, 9.17) is 21.1 Å². The van der Waals surface area contributed by atoms with E-state index >= 15 is 0 Å². The molecule has 0 fully saturated rings. The van der Waals surface area contributed by atoms with Gasteiger partial charge < -0.3 is 14.0 Å². The first-order valence-corrected chi connectivity index (χ1v) is 11.2. The third-order valence-electron chi connectivity index (χ3n) is 5.84. The number of ether oxygens (including phenoxy) is 2. The summed E-state index contributed by atoms with van der Waals surface area (Å²) in [7, 11) is 3.40. The second-order valence-corrected chi connectivity index (χ2v) is 8.94. The number of rotatable bonds is 3. The molecule has 0 aliphatic heterocycles. The van der Waals surface area contributed by atoms with Gasteiger partial charge in [0.2, 0.25) is 0 Å². The summed E-state index contributed by atoms with van der Waals surface area (Å²) in [6.07, 6.45) is 0. The van der Waals surface area contributed by atoms with Crippen LogP contribution in [-0.4, -0.2) is 18.8 Å². The first-order chi connectivity index (χ1) is 15.2. The average molecular weight is 444 g/mol. The Bertz CT molecular complexity index is 1630. The largest absolute Gasteiger partial charge is 0.497 e. The standard InChI is InChI=1S/C26H18ClNO2S/c1-29-18-10-8-15-7-9-17(13-16(15)14-18)28-24-19-5-3-4-6-22(19)31-26(24)23-21(30-2)12-11-20(27)25(23)28/h3-14H,1-2H3. The molecule has 3 nitrogen and oxygen atoms in total. The lowest BCUT2D eigenvalue weighted by Crippen LogP contribution is -1.95. The summed E-state index contributed by atoms with van der Waals surface area (Å²) >= 11 is 8.57. The number of thiophene rings is 1. The number of nitrogens with zero attached hydrogens (tertiary/aromatic N) is 1. The maximum absolute atomic E-state index is 6.79. The molecule has 0 atom stereocenters. The summed E-state index contributed by atoms with van der Waals surface area (Å²) in [4.78, 5) is 0. The molecule has 0 bridgehead atoms. The zero-order valence-electron chi connectivity index (χ0n) is 17.0. The highest BCUT2D eigenvalue weighted by molar-refractivity contribution is 7.26. The minimum atomic E-state index is 0.703. The highest BCUT2D eigenvalue weighted by Crippen LogP contribution is 2.47. The van der Waals surface area contributed by atoms with Crippen molar-refractivity contribution in [1.29, 1.82) is 0 Å². The van der Waals surface area contributed by atoms with Crippen LogP contribution in [0.15, 0.2) is 72.8 Å². The first-order valence-electron chi connectivity index (χ1n) is 9.96. The number of aromatic nitrogens is 1. The third kappa shape index (κ3) is 2.65. The average Bonchev–Trinajstić information content (AvgIpc) is 3.34. The number of hydrogen-bond acceptors (Lipinski definition) is 3. The second kappa shape index (κ2) is 6.91. The van der Waals surface area contributed by atoms with Gasteiger partial charge in [-0.1, -0.05) is 41.9 Å². The fraction of sp³-hybridized carbons (Fsp3) is 0.0769. The molecule has 2 heterocycles. The van der Waals surface area contributed by atoms with Gasteiger partial charge in [0.1, 0.15) is 11.5 Å². The van der Waals surface area contributed by atoms with E-state index in [1.165, 1.54) is 14.8 Å². The van der Waals surface area contributed by atoms with Crippen molar-refractivity contribution in [2.45, 2.75) is 0 Å². The highest BCUT2D eigenvalue weighted by Gasteiger charge is 2.22. The van der Waals surface area contributed by atoms with Crippen molar-refractivity contribution in [2.75, 3.05) is 14.2 Å². The second-order valence-electron chi connectivity index (χ2n) is 7.48. The fourth-order valence-corrected chi connectivity index (χ4v) is 5.91. The zero-order valence-corrected chi connectivity index (χ0v) is 18.6. The van der Waals surface area contributed by atoms with Crippen LogP contribution in [0.2, 0.25) is 5.02 Å². The molecule has 0 aliphatic rings. The van der Waals surface area contributed by atoms with Gasteiger partial charge in [0, 0.05) is 15.8 Å². The van der Waals surface area contributed by atoms with Crippen LogP contribution in [-0.2, 0) is 0 Å². The molecular formula is C26H18ClNO2S. The van der Waals surface area contributed by atoms with E-state index in [9.17, 15) is 0 Å². The number of methoxy groups -OCH3 is 2. The fourth-order valence-electron chi connectivity index (χ4n) is 4.43. The van der Waals surface area contributed by atoms with Gasteiger partial charge in [-0.3, -0.25) is 0 Å². The van der Waals surface area contributed by atoms with Crippen LogP contribution in [0.1, 0.15) is 0 Å². The minimum Gasteiger partial charge on any atom is -0.497 e. The Kier molecular flexibility index (Phi) is 4.13. The normalized spacial score (nSPS) is 11.7. The summed E-state index contributed by atoms with van der Waals surface area (Å²) in [5, 5.41) is 5.25. The van der Waals surface area contributed by atoms with E-state index in [0.717, 1.165) is 44.4 Å². The summed E-state index contributed by atoms with van der Waals surface area (Å²) in [6.45, 7) is 0. The summed E-state index contributed by atoms with van der Waals surface area (Å²) in [5.74, 6) is 1.67. The molecule has 152 valence electrons. The Morgan fingerprint density at radius 1 is 0.806 bits per heavy atom. The molecule has 5 heteroatoms. The van der Waals surface area contributed by atoms with E-state index in [1.54, 1.807) is 25.6 Å². The lowest BCUT2D eigenvalue weighted by atomic mass is 10.1. The van der Waals surface area contributed by atoms with Crippen LogP contribution in [0.4, 0.5) is 0 Å². The van der Waals surface area contributed by atoms with Gasteiger partial charge in [0.15, 0.2) is 0 Å². The van der Waals surface area contributed by atoms with E-state index < -0.39 is 0 Å². The van der Waals surface area contributed by atoms with Gasteiger partial charge in [-0.2, -0.15) is 0 Å². The molecule has 0 N–H and O–H groups in total. The van der Waals surface area contributed by atoms with Crippen molar-refractivity contribution in [3.63, 3.8) is 0 Å². The lowest BCUT2D eigenvalue weighted by Gasteiger charge is -2.12. The molecule has 0 aliphatic carbocycles. The smallest absolute Gasteiger partial charge is 0.129 e. The molecule has 6 aromatic rings. The van der Waals surface area contributed by atoms with Gasteiger partial charge in [-0.05, 0) is 53.2 Å². The van der Waals surface area contributed by atoms with Crippen molar-refractivity contribution in [3.8, 4) is 17.2 Å². The Morgan fingerprint density at radius 3 is 2.48 bits per heavy atom. The number of halogens is 1. The first kappa shape index (κ1) is 18.6. The molecule has 0 unspecified atom stereocenters. The monoisotopic (exact) mass is 443 g/mol. The van der Waals surface area contributed by atoms with Crippen LogP contribution in [0, 0.1) is 0 Å². The third-order valence-corrected chi connectivity index (χ3v) is 7.33. The minimum absolute atomic E-state index is 0.703. The Morgan fingerprint density at radius 2 is 1.65 bits per heavy atom. The number of hydrogen-bond donors (Lipinski definition) is 0. The van der Waals surface area contributed by atoms with Gasteiger partial charge in [0.25, 0.3) is 0 Å². The van der Waals surface area contributed by atoms with E-state index in [-0.39, 0.29) is 0 Å². The predicted molar refractivity (Wildman–Crippen MR) is 132 cm³/mol. The Hall–Kier alpha value is -3.21.